The average Bonchev–Trinajstić information content (AvgIpc) is 2.31. The molecule has 0 spiro atoms. The minimum atomic E-state index is -1.000. The van der Waals surface area contributed by atoms with Crippen molar-refractivity contribution in [2.45, 2.75) is 26.0 Å². The molecule has 1 aliphatic heterocycles. The Kier molecular flexibility index (Phi) is 3.73. The minimum absolute atomic E-state index is 0.0450. The van der Waals surface area contributed by atoms with Gasteiger partial charge < -0.3 is 14.7 Å². The third kappa shape index (κ3) is 2.57. The summed E-state index contributed by atoms with van der Waals surface area (Å²) in [5.74, 6) is -0.585. The summed E-state index contributed by atoms with van der Waals surface area (Å²) in [5, 5.41) is 9.49. The van der Waals surface area contributed by atoms with Gasteiger partial charge in [-0.15, -0.1) is 0 Å². The predicted molar refractivity (Wildman–Crippen MR) is 68.4 cm³/mol. The van der Waals surface area contributed by atoms with E-state index in [2.05, 4.69) is 4.98 Å². The van der Waals surface area contributed by atoms with Gasteiger partial charge in [-0.05, 0) is 26.0 Å². The fraction of sp³-hybridized carbons (Fsp3) is 0.500. The van der Waals surface area contributed by atoms with Crippen LogP contribution in [0.2, 0.25) is 5.15 Å². The van der Waals surface area contributed by atoms with Crippen molar-refractivity contribution in [3.8, 4) is 0 Å². The van der Waals surface area contributed by atoms with E-state index in [0.717, 1.165) is 0 Å². The van der Waals surface area contributed by atoms with Crippen LogP contribution in [0, 0.1) is 0 Å². The average molecular weight is 271 g/mol. The molecule has 2 atom stereocenters. The number of aromatic nitrogens is 1. The maximum Gasteiger partial charge on any atom is 0.339 e. The summed E-state index contributed by atoms with van der Waals surface area (Å²) in [5.41, 5.74) is 0.167. The third-order valence-electron chi connectivity index (χ3n) is 2.95. The molecule has 1 N–H and O–H groups in total. The fourth-order valence-corrected chi connectivity index (χ4v) is 2.15. The van der Waals surface area contributed by atoms with Crippen molar-refractivity contribution in [1.82, 2.24) is 4.98 Å². The number of nitrogens with zero attached hydrogens (tertiary/aromatic N) is 2. The van der Waals surface area contributed by atoms with Crippen molar-refractivity contribution in [2.75, 3.05) is 18.1 Å². The molecule has 0 amide bonds. The molecule has 98 valence electrons. The smallest absolute Gasteiger partial charge is 0.339 e. The van der Waals surface area contributed by atoms with Gasteiger partial charge in [-0.25, -0.2) is 9.78 Å². The highest BCUT2D eigenvalue weighted by atomic mass is 35.5. The van der Waals surface area contributed by atoms with Gasteiger partial charge in [0.1, 0.15) is 16.5 Å². The van der Waals surface area contributed by atoms with Gasteiger partial charge >= 0.3 is 5.97 Å². The van der Waals surface area contributed by atoms with Crippen LogP contribution < -0.4 is 4.90 Å². The molecule has 2 rings (SSSR count). The summed E-state index contributed by atoms with van der Waals surface area (Å²) in [6.07, 6.45) is 0.0450. The highest BCUT2D eigenvalue weighted by Gasteiger charge is 2.28. The number of rotatable bonds is 2. The molecule has 0 aromatic carbocycles. The number of morpholine rings is 1. The second-order valence-electron chi connectivity index (χ2n) is 4.46. The zero-order valence-corrected chi connectivity index (χ0v) is 11.0. The number of hydrogen-bond acceptors (Lipinski definition) is 4. The molecule has 0 aliphatic carbocycles. The van der Waals surface area contributed by atoms with Crippen LogP contribution in [0.4, 0.5) is 5.82 Å². The van der Waals surface area contributed by atoms with E-state index in [1.54, 1.807) is 0 Å². The Balaban J connectivity index is 2.41. The Morgan fingerprint density at radius 2 is 2.28 bits per heavy atom. The minimum Gasteiger partial charge on any atom is -0.478 e. The van der Waals surface area contributed by atoms with Crippen LogP contribution in [-0.2, 0) is 4.74 Å². The lowest BCUT2D eigenvalue weighted by Crippen LogP contribution is -2.48. The van der Waals surface area contributed by atoms with Crippen LogP contribution in [0.3, 0.4) is 0 Å². The molecular weight excluding hydrogens is 256 g/mol. The van der Waals surface area contributed by atoms with Crippen molar-refractivity contribution in [3.05, 3.63) is 22.8 Å². The zero-order valence-electron chi connectivity index (χ0n) is 10.3. The Bertz CT molecular complexity index is 467. The molecule has 0 saturated carbocycles. The molecule has 1 aromatic heterocycles. The number of aromatic carboxylic acids is 1. The number of halogens is 1. The van der Waals surface area contributed by atoms with Crippen molar-refractivity contribution >= 4 is 23.4 Å². The Labute approximate surface area is 110 Å². The molecule has 18 heavy (non-hydrogen) atoms. The molecule has 2 unspecified atom stereocenters. The summed E-state index contributed by atoms with van der Waals surface area (Å²) in [6, 6.07) is 3.05. The lowest BCUT2D eigenvalue weighted by molar-refractivity contribution is 0.0338. The van der Waals surface area contributed by atoms with Gasteiger partial charge in [0.2, 0.25) is 0 Å². The summed E-state index contributed by atoms with van der Waals surface area (Å²) in [4.78, 5) is 17.3. The molecule has 0 bridgehead atoms. The quantitative estimate of drug-likeness (QED) is 0.834. The van der Waals surface area contributed by atoms with E-state index in [1.165, 1.54) is 12.1 Å². The second-order valence-corrected chi connectivity index (χ2v) is 4.84. The van der Waals surface area contributed by atoms with Gasteiger partial charge in [-0.3, -0.25) is 0 Å². The van der Waals surface area contributed by atoms with Crippen LogP contribution in [0.1, 0.15) is 24.2 Å². The van der Waals surface area contributed by atoms with Gasteiger partial charge in [0.15, 0.2) is 0 Å². The number of ether oxygens (including phenoxy) is 1. The van der Waals surface area contributed by atoms with E-state index in [9.17, 15) is 9.90 Å². The lowest BCUT2D eigenvalue weighted by Gasteiger charge is -2.38. The maximum absolute atomic E-state index is 11.2. The van der Waals surface area contributed by atoms with Gasteiger partial charge in [0, 0.05) is 6.54 Å². The normalized spacial score (nSPS) is 24.1. The summed E-state index contributed by atoms with van der Waals surface area (Å²) in [7, 11) is 0. The molecule has 1 aliphatic rings. The van der Waals surface area contributed by atoms with Crippen molar-refractivity contribution < 1.29 is 14.6 Å². The van der Waals surface area contributed by atoms with Crippen molar-refractivity contribution in [3.63, 3.8) is 0 Å². The Hall–Kier alpha value is -1.33. The number of carboxylic acids is 1. The first-order valence-corrected chi connectivity index (χ1v) is 6.15. The number of hydrogen-bond donors (Lipinski definition) is 1. The van der Waals surface area contributed by atoms with Crippen LogP contribution in [0.15, 0.2) is 12.1 Å². The van der Waals surface area contributed by atoms with E-state index in [1.807, 2.05) is 18.7 Å². The fourth-order valence-electron chi connectivity index (χ4n) is 2.01. The van der Waals surface area contributed by atoms with E-state index < -0.39 is 5.97 Å². The van der Waals surface area contributed by atoms with Crippen LogP contribution in [0.5, 0.6) is 0 Å². The first-order chi connectivity index (χ1) is 8.49. The molecule has 2 heterocycles. The highest BCUT2D eigenvalue weighted by Crippen LogP contribution is 2.25. The molecular formula is C12H15ClN2O3. The summed E-state index contributed by atoms with van der Waals surface area (Å²) >= 11 is 5.86. The van der Waals surface area contributed by atoms with Crippen LogP contribution >= 0.6 is 11.6 Å². The Morgan fingerprint density at radius 1 is 1.56 bits per heavy atom. The summed E-state index contributed by atoms with van der Waals surface area (Å²) < 4.78 is 5.52. The van der Waals surface area contributed by atoms with Crippen LogP contribution in [0.25, 0.3) is 0 Å². The topological polar surface area (TPSA) is 62.7 Å². The van der Waals surface area contributed by atoms with Crippen molar-refractivity contribution in [1.29, 1.82) is 0 Å². The monoisotopic (exact) mass is 270 g/mol. The molecule has 1 saturated heterocycles. The maximum atomic E-state index is 11.2. The number of carboxylic acid groups (broad SMARTS) is 1. The third-order valence-corrected chi connectivity index (χ3v) is 3.16. The number of carbonyl (C=O) groups is 1. The van der Waals surface area contributed by atoms with E-state index >= 15 is 0 Å². The molecule has 6 heteroatoms. The number of pyridine rings is 1. The lowest BCUT2D eigenvalue weighted by atomic mass is 10.1. The zero-order chi connectivity index (χ0) is 13.3. The first kappa shape index (κ1) is 13.1. The number of anilines is 1. The predicted octanol–water partition coefficient (Wildman–Crippen LogP) is 2.05. The first-order valence-electron chi connectivity index (χ1n) is 5.77. The highest BCUT2D eigenvalue weighted by molar-refractivity contribution is 6.29. The molecule has 1 aromatic rings. The molecule has 1 fully saturated rings. The summed E-state index contributed by atoms with van der Waals surface area (Å²) in [6.45, 7) is 5.08. The SMILES string of the molecule is CC1CN(c2nc(Cl)ccc2C(=O)O)C(C)CO1. The van der Waals surface area contributed by atoms with E-state index in [-0.39, 0.29) is 17.7 Å². The largest absolute Gasteiger partial charge is 0.478 e. The standard InChI is InChI=1S/C12H15ClN2O3/c1-7-6-18-8(2)5-15(7)11-9(12(16)17)3-4-10(13)14-11/h3-4,7-8H,5-6H2,1-2H3,(H,16,17). The van der Waals surface area contributed by atoms with Gasteiger partial charge in [0.05, 0.1) is 18.8 Å². The second kappa shape index (κ2) is 5.12. The van der Waals surface area contributed by atoms with Crippen LogP contribution in [-0.4, -0.2) is 41.4 Å². The van der Waals surface area contributed by atoms with Crippen molar-refractivity contribution in [2.24, 2.45) is 0 Å². The van der Waals surface area contributed by atoms with E-state index in [0.29, 0.717) is 24.1 Å². The van der Waals surface area contributed by atoms with Gasteiger partial charge in [-0.1, -0.05) is 11.6 Å². The van der Waals surface area contributed by atoms with Gasteiger partial charge in [0.25, 0.3) is 0 Å². The van der Waals surface area contributed by atoms with Gasteiger partial charge in [-0.2, -0.15) is 0 Å². The Morgan fingerprint density at radius 3 is 2.94 bits per heavy atom. The van der Waals surface area contributed by atoms with E-state index in [4.69, 9.17) is 16.3 Å². The molecule has 0 radical (unpaired) electrons. The molecule has 5 nitrogen and oxygen atoms in total.